The smallest absolute Gasteiger partial charge is 0.349 e. The fraction of sp³-hybridized carbons (Fsp3) is 0.353. The van der Waals surface area contributed by atoms with Crippen LogP contribution in [0, 0.1) is 13.8 Å². The minimum absolute atomic E-state index is 0.0813. The van der Waals surface area contributed by atoms with Crippen LogP contribution in [0.5, 0.6) is 0 Å². The number of aryl methyl sites for hydroxylation is 2. The van der Waals surface area contributed by atoms with Crippen molar-refractivity contribution in [2.75, 3.05) is 6.61 Å². The first-order valence-corrected chi connectivity index (χ1v) is 8.14. The summed E-state index contributed by atoms with van der Waals surface area (Å²) < 4.78 is 1.36. The Balaban J connectivity index is 2.29. The van der Waals surface area contributed by atoms with Crippen molar-refractivity contribution in [2.45, 2.75) is 32.6 Å². The molecule has 2 atom stereocenters. The van der Waals surface area contributed by atoms with Crippen LogP contribution in [-0.2, 0) is 11.3 Å². The van der Waals surface area contributed by atoms with Crippen LogP contribution in [0.1, 0.15) is 11.1 Å². The minimum Gasteiger partial charge on any atom is -0.388 e. The summed E-state index contributed by atoms with van der Waals surface area (Å²) in [7, 11) is 0. The van der Waals surface area contributed by atoms with E-state index >= 15 is 0 Å². The van der Waals surface area contributed by atoms with Gasteiger partial charge in [-0.05, 0) is 37.1 Å². The molecule has 2 heterocycles. The van der Waals surface area contributed by atoms with Crippen molar-refractivity contribution >= 4 is 16.8 Å². The molecule has 0 saturated heterocycles. The molecule has 0 spiro atoms. The molecule has 10 nitrogen and oxygen atoms in total. The lowest BCUT2D eigenvalue weighted by atomic mass is 10.1. The van der Waals surface area contributed by atoms with Crippen molar-refractivity contribution in [3.05, 3.63) is 44.1 Å². The van der Waals surface area contributed by atoms with Gasteiger partial charge in [-0.15, -0.1) is 0 Å². The first kappa shape index (κ1) is 18.8. The number of aliphatic hydroxyl groups excluding tert-OH is 3. The number of hydrogen-bond acceptors (Lipinski definition) is 8. The molecule has 142 valence electrons. The van der Waals surface area contributed by atoms with Crippen molar-refractivity contribution in [1.82, 2.24) is 19.5 Å². The van der Waals surface area contributed by atoms with Gasteiger partial charge in [0, 0.05) is 0 Å². The summed E-state index contributed by atoms with van der Waals surface area (Å²) in [4.78, 5) is 45.4. The highest BCUT2D eigenvalue weighted by Gasteiger charge is 2.27. The lowest BCUT2D eigenvalue weighted by Gasteiger charge is -2.22. The van der Waals surface area contributed by atoms with Crippen molar-refractivity contribution in [2.24, 2.45) is 0 Å². The van der Waals surface area contributed by atoms with Gasteiger partial charge in [0.1, 0.15) is 18.8 Å². The summed E-state index contributed by atoms with van der Waals surface area (Å²) in [5.41, 5.74) is 0.971. The zero-order chi connectivity index (χ0) is 19.9. The molecule has 0 saturated carbocycles. The van der Waals surface area contributed by atoms with Gasteiger partial charge in [0.05, 0.1) is 17.6 Å². The number of Topliss-reactive ketones (excluding diaryl/α,β-unsaturated/α-hetero) is 1. The van der Waals surface area contributed by atoms with Crippen LogP contribution in [0.2, 0.25) is 0 Å². The number of ketones is 1. The highest BCUT2D eigenvalue weighted by Crippen LogP contribution is 2.24. The lowest BCUT2D eigenvalue weighted by Crippen LogP contribution is -2.39. The largest absolute Gasteiger partial charge is 0.388 e. The van der Waals surface area contributed by atoms with Crippen LogP contribution in [0.25, 0.3) is 22.6 Å². The number of nitrogens with one attached hydrogen (secondary N) is 1. The van der Waals surface area contributed by atoms with Crippen LogP contribution >= 0.6 is 0 Å². The molecule has 3 rings (SSSR count). The number of rotatable bonds is 5. The maximum atomic E-state index is 12.2. The molecule has 0 bridgehead atoms. The maximum absolute atomic E-state index is 12.2. The monoisotopic (exact) mass is 374 g/mol. The van der Waals surface area contributed by atoms with Gasteiger partial charge < -0.3 is 19.9 Å². The van der Waals surface area contributed by atoms with E-state index in [0.29, 0.717) is 11.0 Å². The first-order valence-electron chi connectivity index (χ1n) is 8.14. The van der Waals surface area contributed by atoms with E-state index in [9.17, 15) is 24.6 Å². The number of fused-ring (bicyclic) bond motifs is 2. The number of H-pyrrole nitrogens is 1. The van der Waals surface area contributed by atoms with Gasteiger partial charge in [0.2, 0.25) is 0 Å². The Hall–Kier alpha value is -2.95. The van der Waals surface area contributed by atoms with Gasteiger partial charge in [-0.25, -0.2) is 9.78 Å². The number of aromatic nitrogens is 4. The van der Waals surface area contributed by atoms with Gasteiger partial charge in [-0.1, -0.05) is 0 Å². The molecule has 10 heteroatoms. The second-order valence-corrected chi connectivity index (χ2v) is 6.33. The molecular weight excluding hydrogens is 356 g/mol. The maximum Gasteiger partial charge on any atom is 0.349 e. The molecule has 1 aromatic rings. The predicted molar refractivity (Wildman–Crippen MR) is 94.6 cm³/mol. The second kappa shape index (κ2) is 6.99. The molecular formula is C17H18N4O6. The van der Waals surface area contributed by atoms with E-state index in [1.807, 2.05) is 18.8 Å². The Labute approximate surface area is 152 Å². The molecule has 2 aliphatic rings. The minimum atomic E-state index is -1.83. The topological polar surface area (TPSA) is 158 Å². The van der Waals surface area contributed by atoms with Crippen molar-refractivity contribution in [3.8, 4) is 11.5 Å². The molecule has 2 aliphatic heterocycles. The Morgan fingerprint density at radius 2 is 1.85 bits per heavy atom. The summed E-state index contributed by atoms with van der Waals surface area (Å²) in [6.45, 7) is 2.45. The predicted octanol–water partition coefficient (Wildman–Crippen LogP) is -1.52. The van der Waals surface area contributed by atoms with Crippen LogP contribution in [-0.4, -0.2) is 59.4 Å². The molecule has 27 heavy (non-hydrogen) atoms. The first-order chi connectivity index (χ1) is 12.7. The summed E-state index contributed by atoms with van der Waals surface area (Å²) in [6.07, 6.45) is -3.43. The van der Waals surface area contributed by atoms with E-state index in [1.54, 1.807) is 12.1 Å². The molecule has 0 amide bonds. The Kier molecular flexibility index (Phi) is 4.87. The molecule has 0 radical (unpaired) electrons. The van der Waals surface area contributed by atoms with Gasteiger partial charge in [0.25, 0.3) is 5.56 Å². The number of hydrogen-bond donors (Lipinski definition) is 4. The van der Waals surface area contributed by atoms with E-state index in [1.165, 1.54) is 4.57 Å². The third kappa shape index (κ3) is 3.37. The third-order valence-electron chi connectivity index (χ3n) is 4.44. The number of aromatic amines is 1. The van der Waals surface area contributed by atoms with Gasteiger partial charge in [-0.3, -0.25) is 14.6 Å². The molecule has 1 aromatic carbocycles. The molecule has 2 unspecified atom stereocenters. The molecule has 0 aliphatic carbocycles. The van der Waals surface area contributed by atoms with E-state index in [0.717, 1.165) is 11.1 Å². The van der Waals surface area contributed by atoms with Crippen molar-refractivity contribution < 1.29 is 20.1 Å². The fourth-order valence-corrected chi connectivity index (χ4v) is 2.83. The average Bonchev–Trinajstić information content (AvgIpc) is 2.62. The zero-order valence-electron chi connectivity index (χ0n) is 14.6. The fourth-order valence-electron chi connectivity index (χ4n) is 2.83. The Bertz CT molecular complexity index is 1120. The summed E-state index contributed by atoms with van der Waals surface area (Å²) >= 11 is 0. The average molecular weight is 374 g/mol. The van der Waals surface area contributed by atoms with Gasteiger partial charge in [-0.2, -0.15) is 4.98 Å². The zero-order valence-corrected chi connectivity index (χ0v) is 14.6. The summed E-state index contributed by atoms with van der Waals surface area (Å²) in [6, 6.07) is 3.49. The van der Waals surface area contributed by atoms with Crippen LogP contribution in [0.4, 0.5) is 0 Å². The highest BCUT2D eigenvalue weighted by atomic mass is 16.3. The number of benzene rings is 1. The number of aliphatic hydroxyl groups is 3. The van der Waals surface area contributed by atoms with E-state index in [4.69, 9.17) is 5.11 Å². The SMILES string of the molecule is Cc1cc2nc3c(=O)[nH]c(=O)nc-3n(CC(O)C(O)C(=O)CO)c2cc1C. The van der Waals surface area contributed by atoms with Crippen LogP contribution in [0.3, 0.4) is 0 Å². The number of nitrogens with zero attached hydrogens (tertiary/aromatic N) is 3. The highest BCUT2D eigenvalue weighted by molar-refractivity contribution is 5.84. The number of carbonyl (C=O) groups is 1. The summed E-state index contributed by atoms with van der Waals surface area (Å²) in [5.74, 6) is -1.03. The van der Waals surface area contributed by atoms with Crippen molar-refractivity contribution in [3.63, 3.8) is 0 Å². The Morgan fingerprint density at radius 1 is 1.19 bits per heavy atom. The van der Waals surface area contributed by atoms with E-state index in [-0.39, 0.29) is 18.1 Å². The number of carbonyl (C=O) groups excluding carboxylic acids is 1. The van der Waals surface area contributed by atoms with Crippen molar-refractivity contribution in [1.29, 1.82) is 0 Å². The normalized spacial score (nSPS) is 13.8. The summed E-state index contributed by atoms with van der Waals surface area (Å²) in [5, 5.41) is 29.0. The quantitative estimate of drug-likeness (QED) is 0.392. The van der Waals surface area contributed by atoms with Crippen LogP contribution < -0.4 is 11.2 Å². The second-order valence-electron chi connectivity index (χ2n) is 6.33. The molecule has 4 N–H and O–H groups in total. The lowest BCUT2D eigenvalue weighted by molar-refractivity contribution is -0.136. The molecule has 0 aromatic heterocycles. The third-order valence-corrected chi connectivity index (χ3v) is 4.44. The standard InChI is InChI=1S/C17H18N4O6/c1-7-3-9-10(4-8(7)2)21(5-11(23)14(25)12(24)6-22)15-13(18-9)16(26)20-17(27)19-15/h3-4,11,14,22-23,25H,5-6H2,1-2H3,(H,20,26,27). The molecule has 0 fully saturated rings. The van der Waals surface area contributed by atoms with Gasteiger partial charge in [0.15, 0.2) is 17.3 Å². The van der Waals surface area contributed by atoms with Gasteiger partial charge >= 0.3 is 5.69 Å². The van der Waals surface area contributed by atoms with E-state index < -0.39 is 35.8 Å². The van der Waals surface area contributed by atoms with Crippen LogP contribution in [0.15, 0.2) is 21.7 Å². The Morgan fingerprint density at radius 3 is 2.52 bits per heavy atom. The van der Waals surface area contributed by atoms with E-state index in [2.05, 4.69) is 9.97 Å².